The molecule has 94 valence electrons. The number of aryl methyl sites for hydroxylation is 1. The van der Waals surface area contributed by atoms with Crippen LogP contribution in [-0.4, -0.2) is 4.98 Å². The Hall–Kier alpha value is -2.34. The zero-order valence-corrected chi connectivity index (χ0v) is 10.7. The first-order valence-electron chi connectivity index (χ1n) is 6.61. The minimum Gasteiger partial charge on any atom is -0.353 e. The molecule has 0 atom stereocenters. The summed E-state index contributed by atoms with van der Waals surface area (Å²) in [4.78, 5) is 4.08. The Balaban J connectivity index is 1.98. The van der Waals surface area contributed by atoms with Gasteiger partial charge in [0.05, 0.1) is 5.69 Å². The van der Waals surface area contributed by atoms with Crippen LogP contribution in [0, 0.1) is 11.3 Å². The number of hydrogen-bond acceptors (Lipinski definition) is 3. The molecule has 1 aromatic heterocycles. The molecule has 1 N–H and O–H groups in total. The van der Waals surface area contributed by atoms with E-state index in [1.807, 2.05) is 12.1 Å². The van der Waals surface area contributed by atoms with Gasteiger partial charge in [-0.15, -0.1) is 0 Å². The van der Waals surface area contributed by atoms with E-state index in [2.05, 4.69) is 34.6 Å². The van der Waals surface area contributed by atoms with Gasteiger partial charge < -0.3 is 5.32 Å². The highest BCUT2D eigenvalue weighted by Crippen LogP contribution is 2.30. The molecule has 0 fully saturated rings. The van der Waals surface area contributed by atoms with Gasteiger partial charge in [-0.05, 0) is 55.0 Å². The average Bonchev–Trinajstić information content (AvgIpc) is 2.48. The molecule has 0 unspecified atom stereocenters. The van der Waals surface area contributed by atoms with Crippen molar-refractivity contribution in [3.05, 3.63) is 53.3 Å². The third kappa shape index (κ3) is 2.30. The number of nitrogens with zero attached hydrogens (tertiary/aromatic N) is 2. The van der Waals surface area contributed by atoms with Crippen molar-refractivity contribution in [3.8, 4) is 6.07 Å². The van der Waals surface area contributed by atoms with Gasteiger partial charge in [0.1, 0.15) is 6.07 Å². The molecule has 0 saturated carbocycles. The van der Waals surface area contributed by atoms with Crippen LogP contribution in [0.25, 0.3) is 0 Å². The van der Waals surface area contributed by atoms with Crippen LogP contribution >= 0.6 is 0 Å². The van der Waals surface area contributed by atoms with E-state index in [1.54, 1.807) is 6.20 Å². The van der Waals surface area contributed by atoms with Crippen molar-refractivity contribution in [1.82, 2.24) is 4.98 Å². The summed E-state index contributed by atoms with van der Waals surface area (Å²) in [6.07, 6.45) is 6.42. The second-order valence-corrected chi connectivity index (χ2v) is 4.79. The van der Waals surface area contributed by atoms with Crippen molar-refractivity contribution in [2.45, 2.75) is 25.7 Å². The summed E-state index contributed by atoms with van der Waals surface area (Å²) in [5.41, 5.74) is 5.15. The standard InChI is InChI=1S/C16H15N3/c17-11-16-15(9-4-10-18-16)19-14-8-3-6-12-5-1-2-7-13(12)14/h3-4,6,8-10,19H,1-2,5,7H2. The van der Waals surface area contributed by atoms with Gasteiger partial charge in [0.2, 0.25) is 0 Å². The second-order valence-electron chi connectivity index (χ2n) is 4.79. The van der Waals surface area contributed by atoms with E-state index < -0.39 is 0 Å². The lowest BCUT2D eigenvalue weighted by Crippen LogP contribution is -2.06. The fourth-order valence-electron chi connectivity index (χ4n) is 2.64. The monoisotopic (exact) mass is 249 g/mol. The van der Waals surface area contributed by atoms with Crippen molar-refractivity contribution in [3.63, 3.8) is 0 Å². The number of rotatable bonds is 2. The normalized spacial score (nSPS) is 13.4. The van der Waals surface area contributed by atoms with Crippen LogP contribution in [0.15, 0.2) is 36.5 Å². The van der Waals surface area contributed by atoms with E-state index in [4.69, 9.17) is 5.26 Å². The first-order chi connectivity index (χ1) is 9.38. The molecule has 0 bridgehead atoms. The Morgan fingerprint density at radius 3 is 2.79 bits per heavy atom. The molecule has 3 rings (SSSR count). The third-order valence-corrected chi connectivity index (χ3v) is 3.58. The average molecular weight is 249 g/mol. The van der Waals surface area contributed by atoms with Crippen LogP contribution in [0.1, 0.15) is 29.7 Å². The summed E-state index contributed by atoms with van der Waals surface area (Å²) in [6.45, 7) is 0. The molecule has 0 amide bonds. The fraction of sp³-hybridized carbons (Fsp3) is 0.250. The molecule has 0 spiro atoms. The van der Waals surface area contributed by atoms with Crippen LogP contribution in [0.4, 0.5) is 11.4 Å². The van der Waals surface area contributed by atoms with E-state index in [-0.39, 0.29) is 0 Å². The molecular weight excluding hydrogens is 234 g/mol. The molecule has 1 heterocycles. The quantitative estimate of drug-likeness (QED) is 0.885. The van der Waals surface area contributed by atoms with E-state index in [0.29, 0.717) is 5.69 Å². The summed E-state index contributed by atoms with van der Waals surface area (Å²) in [6, 6.07) is 12.2. The highest BCUT2D eigenvalue weighted by molar-refractivity contribution is 5.68. The molecule has 0 aliphatic heterocycles. The number of nitriles is 1. The molecule has 3 heteroatoms. The van der Waals surface area contributed by atoms with Gasteiger partial charge in [-0.25, -0.2) is 4.98 Å². The van der Waals surface area contributed by atoms with E-state index in [1.165, 1.54) is 24.0 Å². The third-order valence-electron chi connectivity index (χ3n) is 3.58. The predicted octanol–water partition coefficient (Wildman–Crippen LogP) is 3.58. The molecule has 3 nitrogen and oxygen atoms in total. The zero-order chi connectivity index (χ0) is 13.1. The Morgan fingerprint density at radius 2 is 1.89 bits per heavy atom. The van der Waals surface area contributed by atoms with E-state index >= 15 is 0 Å². The van der Waals surface area contributed by atoms with E-state index in [9.17, 15) is 0 Å². The largest absolute Gasteiger partial charge is 0.353 e. The lowest BCUT2D eigenvalue weighted by atomic mass is 9.90. The maximum atomic E-state index is 9.08. The van der Waals surface area contributed by atoms with Gasteiger partial charge in [-0.3, -0.25) is 0 Å². The number of pyridine rings is 1. The topological polar surface area (TPSA) is 48.7 Å². The Morgan fingerprint density at radius 1 is 1.05 bits per heavy atom. The van der Waals surface area contributed by atoms with Crippen molar-refractivity contribution in [2.75, 3.05) is 5.32 Å². The van der Waals surface area contributed by atoms with E-state index in [0.717, 1.165) is 24.2 Å². The summed E-state index contributed by atoms with van der Waals surface area (Å²) in [5, 5.41) is 12.4. The molecule has 1 aliphatic rings. The number of hydrogen-bond donors (Lipinski definition) is 1. The second kappa shape index (κ2) is 5.11. The summed E-state index contributed by atoms with van der Waals surface area (Å²) < 4.78 is 0. The molecular formula is C16H15N3. The summed E-state index contributed by atoms with van der Waals surface area (Å²) in [5.74, 6) is 0. The lowest BCUT2D eigenvalue weighted by molar-refractivity contribution is 0.687. The number of fused-ring (bicyclic) bond motifs is 1. The first kappa shape index (κ1) is 11.7. The molecule has 1 aromatic carbocycles. The van der Waals surface area contributed by atoms with Crippen molar-refractivity contribution in [2.24, 2.45) is 0 Å². The molecule has 19 heavy (non-hydrogen) atoms. The van der Waals surface area contributed by atoms with Gasteiger partial charge in [-0.2, -0.15) is 5.26 Å². The molecule has 0 radical (unpaired) electrons. The Bertz CT molecular complexity index is 641. The first-order valence-corrected chi connectivity index (χ1v) is 6.61. The minimum atomic E-state index is 0.441. The molecule has 1 aliphatic carbocycles. The van der Waals surface area contributed by atoms with Gasteiger partial charge in [0, 0.05) is 11.9 Å². The Kier molecular flexibility index (Phi) is 3.16. The smallest absolute Gasteiger partial charge is 0.163 e. The van der Waals surface area contributed by atoms with Crippen molar-refractivity contribution in [1.29, 1.82) is 5.26 Å². The van der Waals surface area contributed by atoms with Crippen LogP contribution < -0.4 is 5.32 Å². The SMILES string of the molecule is N#Cc1ncccc1Nc1cccc2c1CCCC2. The minimum absolute atomic E-state index is 0.441. The highest BCUT2D eigenvalue weighted by Gasteiger charge is 2.13. The molecule has 0 saturated heterocycles. The van der Waals surface area contributed by atoms with Gasteiger partial charge in [-0.1, -0.05) is 12.1 Å². The van der Waals surface area contributed by atoms with Gasteiger partial charge in [0.15, 0.2) is 5.69 Å². The maximum absolute atomic E-state index is 9.08. The maximum Gasteiger partial charge on any atom is 0.163 e. The number of nitrogens with one attached hydrogen (secondary N) is 1. The predicted molar refractivity (Wildman–Crippen MR) is 75.3 cm³/mol. The van der Waals surface area contributed by atoms with Crippen molar-refractivity contribution >= 4 is 11.4 Å². The summed E-state index contributed by atoms with van der Waals surface area (Å²) in [7, 11) is 0. The highest BCUT2D eigenvalue weighted by atomic mass is 14.9. The van der Waals surface area contributed by atoms with Gasteiger partial charge >= 0.3 is 0 Å². The zero-order valence-electron chi connectivity index (χ0n) is 10.7. The lowest BCUT2D eigenvalue weighted by Gasteiger charge is -2.20. The summed E-state index contributed by atoms with van der Waals surface area (Å²) >= 11 is 0. The fourth-order valence-corrected chi connectivity index (χ4v) is 2.64. The molecule has 2 aromatic rings. The number of anilines is 2. The Labute approximate surface area is 112 Å². The van der Waals surface area contributed by atoms with Crippen LogP contribution in [0.2, 0.25) is 0 Å². The van der Waals surface area contributed by atoms with Gasteiger partial charge in [0.25, 0.3) is 0 Å². The number of benzene rings is 1. The van der Waals surface area contributed by atoms with Crippen LogP contribution in [0.5, 0.6) is 0 Å². The van der Waals surface area contributed by atoms with Crippen molar-refractivity contribution < 1.29 is 0 Å². The van der Waals surface area contributed by atoms with Crippen LogP contribution in [-0.2, 0) is 12.8 Å². The van der Waals surface area contributed by atoms with Crippen LogP contribution in [0.3, 0.4) is 0 Å². The number of aromatic nitrogens is 1.